The number of aryl methyl sites for hydroxylation is 1. The molecule has 0 aliphatic rings. The van der Waals surface area contributed by atoms with E-state index in [9.17, 15) is 9.59 Å². The molecule has 2 rings (SSSR count). The number of rotatable bonds is 9. The highest BCUT2D eigenvalue weighted by Crippen LogP contribution is 2.22. The maximum absolute atomic E-state index is 12.3. The van der Waals surface area contributed by atoms with Crippen LogP contribution >= 0.6 is 11.6 Å². The Hall–Kier alpha value is -2.57. The topological polar surface area (TPSA) is 76.7 Å². The Bertz CT molecular complexity index is 795. The minimum atomic E-state index is -0.357. The molecule has 7 heteroatoms. The van der Waals surface area contributed by atoms with Gasteiger partial charge >= 0.3 is 0 Å². The number of hydrogen-bond donors (Lipinski definition) is 2. The van der Waals surface area contributed by atoms with Crippen LogP contribution in [0.25, 0.3) is 0 Å². The number of ether oxygens (including phenoxy) is 2. The van der Waals surface area contributed by atoms with Crippen LogP contribution in [0.1, 0.15) is 22.3 Å². The Morgan fingerprint density at radius 3 is 2.67 bits per heavy atom. The average Bonchev–Trinajstić information content (AvgIpc) is 2.65. The molecular formula is C20H23ClN2O4. The molecule has 0 atom stereocenters. The van der Waals surface area contributed by atoms with E-state index in [0.29, 0.717) is 41.6 Å². The Morgan fingerprint density at radius 2 is 1.93 bits per heavy atom. The number of benzene rings is 2. The van der Waals surface area contributed by atoms with E-state index in [4.69, 9.17) is 21.1 Å². The van der Waals surface area contributed by atoms with Gasteiger partial charge in [0.2, 0.25) is 0 Å². The van der Waals surface area contributed by atoms with Crippen molar-refractivity contribution in [1.29, 1.82) is 0 Å². The summed E-state index contributed by atoms with van der Waals surface area (Å²) >= 11 is 5.91. The van der Waals surface area contributed by atoms with Crippen molar-refractivity contribution in [2.75, 3.05) is 32.2 Å². The zero-order valence-electron chi connectivity index (χ0n) is 15.4. The van der Waals surface area contributed by atoms with E-state index in [2.05, 4.69) is 10.6 Å². The van der Waals surface area contributed by atoms with E-state index < -0.39 is 0 Å². The van der Waals surface area contributed by atoms with Crippen LogP contribution < -0.4 is 15.4 Å². The van der Waals surface area contributed by atoms with Crippen molar-refractivity contribution in [3.8, 4) is 5.75 Å². The van der Waals surface area contributed by atoms with Crippen LogP contribution in [-0.4, -0.2) is 38.7 Å². The van der Waals surface area contributed by atoms with Gasteiger partial charge in [-0.2, -0.15) is 0 Å². The second-order valence-corrected chi connectivity index (χ2v) is 6.33. The van der Waals surface area contributed by atoms with Crippen LogP contribution in [0.4, 0.5) is 5.69 Å². The lowest BCUT2D eigenvalue weighted by molar-refractivity contribution is -0.118. The van der Waals surface area contributed by atoms with Crippen molar-refractivity contribution in [3.05, 3.63) is 58.6 Å². The van der Waals surface area contributed by atoms with Gasteiger partial charge in [-0.3, -0.25) is 9.59 Å². The molecule has 0 fully saturated rings. The molecule has 0 spiro atoms. The van der Waals surface area contributed by atoms with Gasteiger partial charge in [-0.25, -0.2) is 0 Å². The van der Waals surface area contributed by atoms with Crippen LogP contribution in [0.15, 0.2) is 42.5 Å². The Morgan fingerprint density at radius 1 is 1.15 bits per heavy atom. The molecule has 2 aromatic rings. The van der Waals surface area contributed by atoms with Gasteiger partial charge in [0.1, 0.15) is 5.75 Å². The van der Waals surface area contributed by atoms with Gasteiger partial charge in [0.05, 0.1) is 11.3 Å². The number of methoxy groups -OCH3 is 1. The predicted octanol–water partition coefficient (Wildman–Crippen LogP) is 3.43. The van der Waals surface area contributed by atoms with Crippen LogP contribution in [0.5, 0.6) is 5.75 Å². The standard InChI is InChI=1S/C20H23ClN2O4/c1-14-12-15(21)8-9-18(14)27-13-19(24)23-17-7-4-3-6-16(17)20(25)22-10-5-11-26-2/h3-4,6-9,12H,5,10-11,13H2,1-2H3,(H,22,25)(H,23,24). The molecule has 0 unspecified atom stereocenters. The molecule has 0 bridgehead atoms. The van der Waals surface area contributed by atoms with E-state index in [1.807, 2.05) is 6.92 Å². The number of para-hydroxylation sites is 1. The molecule has 0 aliphatic carbocycles. The van der Waals surface area contributed by atoms with Gasteiger partial charge in [-0.1, -0.05) is 23.7 Å². The summed E-state index contributed by atoms with van der Waals surface area (Å²) < 4.78 is 10.5. The number of carbonyl (C=O) groups excluding carboxylic acids is 2. The Kier molecular flexibility index (Phi) is 8.10. The summed E-state index contributed by atoms with van der Waals surface area (Å²) in [6.45, 7) is 2.74. The number of nitrogens with one attached hydrogen (secondary N) is 2. The second-order valence-electron chi connectivity index (χ2n) is 5.89. The van der Waals surface area contributed by atoms with Crippen LogP contribution in [0, 0.1) is 6.92 Å². The fraction of sp³-hybridized carbons (Fsp3) is 0.300. The summed E-state index contributed by atoms with van der Waals surface area (Å²) in [6.07, 6.45) is 0.713. The summed E-state index contributed by atoms with van der Waals surface area (Å²) in [5.41, 5.74) is 1.67. The second kappa shape index (κ2) is 10.5. The summed E-state index contributed by atoms with van der Waals surface area (Å²) in [5, 5.41) is 6.13. The molecule has 2 aromatic carbocycles. The molecule has 27 heavy (non-hydrogen) atoms. The van der Waals surface area contributed by atoms with Gasteiger partial charge in [-0.05, 0) is 49.2 Å². The largest absolute Gasteiger partial charge is 0.483 e. The lowest BCUT2D eigenvalue weighted by atomic mass is 10.1. The smallest absolute Gasteiger partial charge is 0.262 e. The average molecular weight is 391 g/mol. The van der Waals surface area contributed by atoms with E-state index >= 15 is 0 Å². The number of amides is 2. The van der Waals surface area contributed by atoms with Crippen LogP contribution in [0.2, 0.25) is 5.02 Å². The van der Waals surface area contributed by atoms with Crippen molar-refractivity contribution >= 4 is 29.1 Å². The fourth-order valence-electron chi connectivity index (χ4n) is 2.41. The molecule has 0 heterocycles. The first kappa shape index (κ1) is 20.7. The first-order chi connectivity index (χ1) is 13.0. The number of carbonyl (C=O) groups is 2. The van der Waals surface area contributed by atoms with Gasteiger partial charge in [0, 0.05) is 25.3 Å². The maximum atomic E-state index is 12.3. The third-order valence-electron chi connectivity index (χ3n) is 3.75. The first-order valence-electron chi connectivity index (χ1n) is 8.56. The van der Waals surface area contributed by atoms with Crippen molar-refractivity contribution in [2.24, 2.45) is 0 Å². The third kappa shape index (κ3) is 6.58. The molecule has 144 valence electrons. The van der Waals surface area contributed by atoms with Gasteiger partial charge in [-0.15, -0.1) is 0 Å². The number of hydrogen-bond acceptors (Lipinski definition) is 4. The zero-order chi connectivity index (χ0) is 19.6. The van der Waals surface area contributed by atoms with E-state index in [1.54, 1.807) is 49.6 Å². The molecule has 0 aliphatic heterocycles. The lowest BCUT2D eigenvalue weighted by Crippen LogP contribution is -2.27. The molecule has 0 radical (unpaired) electrons. The van der Waals surface area contributed by atoms with E-state index in [0.717, 1.165) is 5.56 Å². The molecule has 6 nitrogen and oxygen atoms in total. The monoisotopic (exact) mass is 390 g/mol. The molecule has 0 aromatic heterocycles. The Balaban J connectivity index is 1.94. The number of anilines is 1. The Labute approximate surface area is 163 Å². The predicted molar refractivity (Wildman–Crippen MR) is 106 cm³/mol. The SMILES string of the molecule is COCCCNC(=O)c1ccccc1NC(=O)COc1ccc(Cl)cc1C. The molecule has 0 saturated heterocycles. The highest BCUT2D eigenvalue weighted by Gasteiger charge is 2.13. The van der Waals surface area contributed by atoms with Gasteiger partial charge in [0.15, 0.2) is 6.61 Å². The molecule has 2 N–H and O–H groups in total. The van der Waals surface area contributed by atoms with Crippen molar-refractivity contribution in [2.45, 2.75) is 13.3 Å². The van der Waals surface area contributed by atoms with Gasteiger partial charge < -0.3 is 20.1 Å². The summed E-state index contributed by atoms with van der Waals surface area (Å²) in [4.78, 5) is 24.5. The quantitative estimate of drug-likeness (QED) is 0.643. The van der Waals surface area contributed by atoms with Crippen molar-refractivity contribution in [3.63, 3.8) is 0 Å². The van der Waals surface area contributed by atoms with E-state index in [-0.39, 0.29) is 18.4 Å². The normalized spacial score (nSPS) is 10.3. The lowest BCUT2D eigenvalue weighted by Gasteiger charge is -2.13. The summed E-state index contributed by atoms with van der Waals surface area (Å²) in [6, 6.07) is 12.0. The number of halogens is 1. The third-order valence-corrected chi connectivity index (χ3v) is 3.99. The van der Waals surface area contributed by atoms with E-state index in [1.165, 1.54) is 0 Å². The zero-order valence-corrected chi connectivity index (χ0v) is 16.1. The molecule has 2 amide bonds. The molecule has 0 saturated carbocycles. The first-order valence-corrected chi connectivity index (χ1v) is 8.94. The molecular weight excluding hydrogens is 368 g/mol. The highest BCUT2D eigenvalue weighted by atomic mass is 35.5. The summed E-state index contributed by atoms with van der Waals surface area (Å²) in [5.74, 6) is -0.0285. The minimum Gasteiger partial charge on any atom is -0.483 e. The highest BCUT2D eigenvalue weighted by molar-refractivity contribution is 6.30. The van der Waals surface area contributed by atoms with Crippen LogP contribution in [0.3, 0.4) is 0 Å². The summed E-state index contributed by atoms with van der Waals surface area (Å²) in [7, 11) is 1.61. The maximum Gasteiger partial charge on any atom is 0.262 e. The minimum absolute atomic E-state index is 0.174. The van der Waals surface area contributed by atoms with Crippen molar-refractivity contribution in [1.82, 2.24) is 5.32 Å². The fourth-order valence-corrected chi connectivity index (χ4v) is 2.63. The van der Waals surface area contributed by atoms with Crippen LogP contribution in [-0.2, 0) is 9.53 Å². The van der Waals surface area contributed by atoms with Gasteiger partial charge in [0.25, 0.3) is 11.8 Å². The van der Waals surface area contributed by atoms with Crippen molar-refractivity contribution < 1.29 is 19.1 Å².